The monoisotopic (exact) mass is 398 g/mol. The number of methoxy groups -OCH3 is 2. The van der Waals surface area contributed by atoms with Crippen molar-refractivity contribution in [2.75, 3.05) is 27.8 Å². The maximum atomic E-state index is 6.48. The van der Waals surface area contributed by atoms with Gasteiger partial charge in [-0.1, -0.05) is 40.7 Å². The number of rotatable bonds is 11. The first kappa shape index (κ1) is 24.0. The highest BCUT2D eigenvalue weighted by atomic mass is 28.4. The van der Waals surface area contributed by atoms with E-state index in [2.05, 4.69) is 53.8 Å². The summed E-state index contributed by atoms with van der Waals surface area (Å²) in [5.41, 5.74) is 2.06. The van der Waals surface area contributed by atoms with Crippen molar-refractivity contribution in [1.82, 2.24) is 0 Å². The Bertz CT molecular complexity index is 579. The average Bonchev–Trinajstić information content (AvgIpc) is 2.56. The number of hydrogen-bond donors (Lipinski definition) is 0. The Morgan fingerprint density at radius 3 is 2.07 bits per heavy atom. The van der Waals surface area contributed by atoms with Gasteiger partial charge in [-0.05, 0) is 42.1 Å². The van der Waals surface area contributed by atoms with Crippen LogP contribution in [0.2, 0.25) is 18.1 Å². The van der Waals surface area contributed by atoms with Crippen molar-refractivity contribution in [2.45, 2.75) is 65.8 Å². The van der Waals surface area contributed by atoms with Crippen LogP contribution in [0.4, 0.5) is 0 Å². The summed E-state index contributed by atoms with van der Waals surface area (Å²) in [5, 5.41) is 0.129. The van der Waals surface area contributed by atoms with E-state index in [4.69, 9.17) is 23.4 Å². The van der Waals surface area contributed by atoms with Crippen LogP contribution in [0.5, 0.6) is 11.5 Å². The van der Waals surface area contributed by atoms with Gasteiger partial charge in [0.2, 0.25) is 0 Å². The molecule has 0 aliphatic carbocycles. The lowest BCUT2D eigenvalue weighted by molar-refractivity contribution is 0.0425. The van der Waals surface area contributed by atoms with Gasteiger partial charge in [-0.15, -0.1) is 0 Å². The summed E-state index contributed by atoms with van der Waals surface area (Å²) < 4.78 is 28.5. The normalized spacial score (nSPS) is 12.5. The maximum Gasteiger partial charge on any atom is 0.192 e. The molecular weight excluding hydrogens is 360 g/mol. The lowest BCUT2D eigenvalue weighted by Crippen LogP contribution is -2.40. The van der Waals surface area contributed by atoms with Crippen molar-refractivity contribution in [3.05, 3.63) is 23.3 Å². The van der Waals surface area contributed by atoms with E-state index in [1.54, 1.807) is 14.2 Å². The minimum Gasteiger partial charge on any atom is -0.467 e. The van der Waals surface area contributed by atoms with E-state index in [9.17, 15) is 0 Å². The first-order valence-electron chi connectivity index (χ1n) is 9.55. The minimum absolute atomic E-state index is 0.129. The van der Waals surface area contributed by atoms with Gasteiger partial charge in [0.15, 0.2) is 21.9 Å². The quantitative estimate of drug-likeness (QED) is 0.370. The molecule has 1 rings (SSSR count). The van der Waals surface area contributed by atoms with Crippen molar-refractivity contribution in [3.8, 4) is 11.5 Å². The summed E-state index contributed by atoms with van der Waals surface area (Å²) in [6.45, 7) is 16.4. The molecule has 0 aliphatic rings. The van der Waals surface area contributed by atoms with Crippen LogP contribution in [0.25, 0.3) is 0 Å². The Hall–Kier alpha value is -1.08. The first-order chi connectivity index (χ1) is 12.5. The fraction of sp³-hybridized carbons (Fsp3) is 0.714. The second kappa shape index (κ2) is 10.5. The Balaban J connectivity index is 3.30. The van der Waals surface area contributed by atoms with Crippen molar-refractivity contribution in [3.63, 3.8) is 0 Å². The maximum absolute atomic E-state index is 6.48. The van der Waals surface area contributed by atoms with Gasteiger partial charge in [0.25, 0.3) is 0 Å². The van der Waals surface area contributed by atoms with E-state index in [1.165, 1.54) is 0 Å². The molecule has 6 heteroatoms. The van der Waals surface area contributed by atoms with Crippen LogP contribution in [-0.2, 0) is 26.9 Å². The van der Waals surface area contributed by atoms with Gasteiger partial charge >= 0.3 is 0 Å². The Kier molecular flexibility index (Phi) is 9.28. The van der Waals surface area contributed by atoms with Gasteiger partial charge in [0.1, 0.15) is 11.5 Å². The van der Waals surface area contributed by atoms with E-state index in [1.807, 2.05) is 6.07 Å². The summed E-state index contributed by atoms with van der Waals surface area (Å²) >= 11 is 0. The molecule has 1 aromatic carbocycles. The van der Waals surface area contributed by atoms with E-state index >= 15 is 0 Å². The van der Waals surface area contributed by atoms with Crippen LogP contribution in [0.1, 0.15) is 45.7 Å². The zero-order chi connectivity index (χ0) is 20.7. The SMILES string of the molecule is COCOc1ccc(CC(C)C)c(OCOC)c1CO[Si](C)(C)C(C)(C)C. The van der Waals surface area contributed by atoms with Gasteiger partial charge < -0.3 is 23.4 Å². The third-order valence-electron chi connectivity index (χ3n) is 4.96. The smallest absolute Gasteiger partial charge is 0.192 e. The van der Waals surface area contributed by atoms with Crippen LogP contribution in [0.3, 0.4) is 0 Å². The van der Waals surface area contributed by atoms with Crippen LogP contribution in [0.15, 0.2) is 12.1 Å². The van der Waals surface area contributed by atoms with Gasteiger partial charge in [0.05, 0.1) is 12.2 Å². The van der Waals surface area contributed by atoms with Crippen LogP contribution >= 0.6 is 0 Å². The number of benzene rings is 1. The zero-order valence-electron chi connectivity index (χ0n) is 18.6. The van der Waals surface area contributed by atoms with Gasteiger partial charge in [-0.2, -0.15) is 0 Å². The molecule has 0 heterocycles. The Morgan fingerprint density at radius 1 is 0.963 bits per heavy atom. The molecule has 0 spiro atoms. The summed E-state index contributed by atoms with van der Waals surface area (Å²) in [6.07, 6.45) is 0.913. The van der Waals surface area contributed by atoms with Crippen molar-refractivity contribution in [1.29, 1.82) is 0 Å². The van der Waals surface area contributed by atoms with Crippen molar-refractivity contribution in [2.24, 2.45) is 5.92 Å². The highest BCUT2D eigenvalue weighted by Crippen LogP contribution is 2.40. The molecule has 0 N–H and O–H groups in total. The first-order valence-corrected chi connectivity index (χ1v) is 12.5. The summed E-state index contributed by atoms with van der Waals surface area (Å²) in [7, 11) is 1.32. The molecule has 0 amide bonds. The molecule has 5 nitrogen and oxygen atoms in total. The third-order valence-corrected chi connectivity index (χ3v) is 9.44. The molecule has 0 saturated carbocycles. The van der Waals surface area contributed by atoms with E-state index in [0.29, 0.717) is 12.5 Å². The van der Waals surface area contributed by atoms with Gasteiger partial charge in [0, 0.05) is 14.2 Å². The zero-order valence-corrected chi connectivity index (χ0v) is 19.6. The number of hydrogen-bond acceptors (Lipinski definition) is 5. The van der Waals surface area contributed by atoms with Gasteiger partial charge in [-0.3, -0.25) is 0 Å². The summed E-state index contributed by atoms with van der Waals surface area (Å²) in [5.74, 6) is 2.04. The minimum atomic E-state index is -1.92. The van der Waals surface area contributed by atoms with Crippen LogP contribution in [-0.4, -0.2) is 36.1 Å². The Labute approximate surface area is 166 Å². The second-order valence-corrected chi connectivity index (χ2v) is 13.6. The highest BCUT2D eigenvalue weighted by Gasteiger charge is 2.37. The predicted molar refractivity (Wildman–Crippen MR) is 112 cm³/mol. The second-order valence-electron chi connectivity index (χ2n) is 8.78. The summed E-state index contributed by atoms with van der Waals surface area (Å²) in [4.78, 5) is 0. The molecule has 0 fully saturated rings. The highest BCUT2D eigenvalue weighted by molar-refractivity contribution is 6.74. The lowest BCUT2D eigenvalue weighted by Gasteiger charge is -2.36. The molecule has 0 bridgehead atoms. The predicted octanol–water partition coefficient (Wildman–Crippen LogP) is 5.37. The molecule has 0 aliphatic heterocycles. The molecule has 0 atom stereocenters. The number of ether oxygens (including phenoxy) is 4. The molecule has 27 heavy (non-hydrogen) atoms. The van der Waals surface area contributed by atoms with Crippen molar-refractivity contribution < 1.29 is 23.4 Å². The molecule has 156 valence electrons. The van der Waals surface area contributed by atoms with Crippen LogP contribution < -0.4 is 9.47 Å². The largest absolute Gasteiger partial charge is 0.467 e. The molecule has 1 aromatic rings. The molecule has 0 saturated heterocycles. The fourth-order valence-corrected chi connectivity index (χ4v) is 3.36. The van der Waals surface area contributed by atoms with Crippen molar-refractivity contribution >= 4 is 8.32 Å². The lowest BCUT2D eigenvalue weighted by atomic mass is 9.99. The van der Waals surface area contributed by atoms with Crippen LogP contribution in [0, 0.1) is 5.92 Å². The van der Waals surface area contributed by atoms with E-state index in [0.717, 1.165) is 29.0 Å². The third kappa shape index (κ3) is 7.10. The fourth-order valence-electron chi connectivity index (χ4n) is 2.42. The Morgan fingerprint density at radius 2 is 1.56 bits per heavy atom. The summed E-state index contributed by atoms with van der Waals surface area (Å²) in [6, 6.07) is 4.05. The van der Waals surface area contributed by atoms with Gasteiger partial charge in [-0.25, -0.2) is 0 Å². The average molecular weight is 399 g/mol. The molecule has 0 radical (unpaired) electrons. The van der Waals surface area contributed by atoms with E-state index in [-0.39, 0.29) is 18.6 Å². The molecule has 0 unspecified atom stereocenters. The standard InChI is InChI=1S/C21H38O5Si/c1-16(2)12-17-10-11-19(24-14-22-6)18(20(17)25-15-23-7)13-26-27(8,9)21(3,4)5/h10-11,16H,12-15H2,1-9H3. The van der Waals surface area contributed by atoms with E-state index < -0.39 is 8.32 Å². The molecule has 0 aromatic heterocycles. The topological polar surface area (TPSA) is 46.2 Å². The molecular formula is C21H38O5Si.